The predicted molar refractivity (Wildman–Crippen MR) is 49.1 cm³/mol. The number of aromatic nitrogens is 2. The van der Waals surface area contributed by atoms with Crippen molar-refractivity contribution in [2.75, 3.05) is 0 Å². The molecule has 0 spiro atoms. The molecule has 78 valence electrons. The number of carboxylic acid groups (broad SMARTS) is 1. The normalized spacial score (nSPS) is 14.0. The maximum absolute atomic E-state index is 10.5. The van der Waals surface area contributed by atoms with Crippen LogP contribution >= 0.6 is 0 Å². The smallest absolute Gasteiger partial charge is 0.377 e. The highest BCUT2D eigenvalue weighted by molar-refractivity contribution is 5.82. The van der Waals surface area contributed by atoms with Crippen molar-refractivity contribution in [3.8, 4) is 0 Å². The fourth-order valence-corrected chi connectivity index (χ4v) is 0.868. The Morgan fingerprint density at radius 3 is 2.43 bits per heavy atom. The van der Waals surface area contributed by atoms with Crippen LogP contribution in [0.15, 0.2) is 4.52 Å². The molecule has 0 fully saturated rings. The van der Waals surface area contributed by atoms with E-state index in [4.69, 9.17) is 9.63 Å². The van der Waals surface area contributed by atoms with Crippen LogP contribution in [0.2, 0.25) is 0 Å². The van der Waals surface area contributed by atoms with Gasteiger partial charge in [-0.2, -0.15) is 4.98 Å². The summed E-state index contributed by atoms with van der Waals surface area (Å²) in [6, 6.07) is 0. The van der Waals surface area contributed by atoms with Crippen molar-refractivity contribution in [1.82, 2.24) is 10.1 Å². The van der Waals surface area contributed by atoms with Crippen LogP contribution in [-0.2, 0) is 0 Å². The Morgan fingerprint density at radius 2 is 2.07 bits per heavy atom. The van der Waals surface area contributed by atoms with Gasteiger partial charge in [0.25, 0.3) is 5.82 Å². The molecule has 14 heavy (non-hydrogen) atoms. The highest BCUT2D eigenvalue weighted by Gasteiger charge is 2.27. The largest absolute Gasteiger partial charge is 0.475 e. The number of nitrogens with zero attached hydrogens (tertiary/aromatic N) is 2. The quantitative estimate of drug-likeness (QED) is 0.785. The van der Waals surface area contributed by atoms with E-state index in [0.717, 1.165) is 0 Å². The van der Waals surface area contributed by atoms with E-state index in [9.17, 15) is 4.79 Å². The van der Waals surface area contributed by atoms with Crippen LogP contribution in [0.5, 0.6) is 0 Å². The standard InChI is InChI=1S/C9H14N2O3/c1-5(9(2,3)4)7-10-6(8(12)13)11-14-7/h5H,1-4H3,(H,12,13). The first-order chi connectivity index (χ1) is 6.32. The zero-order valence-corrected chi connectivity index (χ0v) is 8.74. The van der Waals surface area contributed by atoms with Crippen molar-refractivity contribution < 1.29 is 14.4 Å². The topological polar surface area (TPSA) is 76.2 Å². The minimum Gasteiger partial charge on any atom is -0.475 e. The van der Waals surface area contributed by atoms with Crippen molar-refractivity contribution in [2.45, 2.75) is 33.6 Å². The molecule has 0 amide bonds. The summed E-state index contributed by atoms with van der Waals surface area (Å²) in [5, 5.41) is 12.0. The monoisotopic (exact) mass is 198 g/mol. The number of hydrogen-bond acceptors (Lipinski definition) is 4. The van der Waals surface area contributed by atoms with Gasteiger partial charge in [0.1, 0.15) is 0 Å². The fraction of sp³-hybridized carbons (Fsp3) is 0.667. The van der Waals surface area contributed by atoms with Crippen LogP contribution in [0.4, 0.5) is 0 Å². The average Bonchev–Trinajstić information content (AvgIpc) is 2.48. The molecule has 0 aliphatic rings. The van der Waals surface area contributed by atoms with E-state index in [1.54, 1.807) is 0 Å². The third kappa shape index (κ3) is 2.10. The molecule has 0 aromatic carbocycles. The maximum Gasteiger partial charge on any atom is 0.377 e. The summed E-state index contributed by atoms with van der Waals surface area (Å²) in [5.41, 5.74) is -0.0255. The third-order valence-corrected chi connectivity index (χ3v) is 2.30. The molecule has 0 saturated heterocycles. The molecular formula is C9H14N2O3. The Bertz CT molecular complexity index is 338. The Hall–Kier alpha value is -1.39. The van der Waals surface area contributed by atoms with Gasteiger partial charge in [-0.15, -0.1) is 0 Å². The molecule has 5 nitrogen and oxygen atoms in total. The number of hydrogen-bond donors (Lipinski definition) is 1. The van der Waals surface area contributed by atoms with Gasteiger partial charge in [0.15, 0.2) is 0 Å². The summed E-state index contributed by atoms with van der Waals surface area (Å²) in [5.74, 6) is -1.05. The number of carboxylic acids is 1. The van der Waals surface area contributed by atoms with Crippen LogP contribution in [0.25, 0.3) is 0 Å². The second-order valence-corrected chi connectivity index (χ2v) is 4.35. The zero-order chi connectivity index (χ0) is 10.9. The lowest BCUT2D eigenvalue weighted by Crippen LogP contribution is -2.15. The van der Waals surface area contributed by atoms with Gasteiger partial charge in [0, 0.05) is 5.92 Å². The summed E-state index contributed by atoms with van der Waals surface area (Å²) < 4.78 is 4.87. The van der Waals surface area contributed by atoms with E-state index in [1.165, 1.54) is 0 Å². The SMILES string of the molecule is CC(c1nc(C(=O)O)no1)C(C)(C)C. The van der Waals surface area contributed by atoms with Gasteiger partial charge in [-0.3, -0.25) is 0 Å². The van der Waals surface area contributed by atoms with Crippen molar-refractivity contribution >= 4 is 5.97 Å². The van der Waals surface area contributed by atoms with E-state index in [-0.39, 0.29) is 17.2 Å². The molecule has 1 atom stereocenters. The molecule has 1 unspecified atom stereocenters. The lowest BCUT2D eigenvalue weighted by molar-refractivity contribution is 0.0680. The van der Waals surface area contributed by atoms with E-state index in [2.05, 4.69) is 10.1 Å². The van der Waals surface area contributed by atoms with Crippen LogP contribution < -0.4 is 0 Å². The molecule has 1 N–H and O–H groups in total. The Balaban J connectivity index is 2.92. The highest BCUT2D eigenvalue weighted by atomic mass is 16.5. The van der Waals surface area contributed by atoms with Crippen molar-refractivity contribution in [1.29, 1.82) is 0 Å². The molecule has 5 heteroatoms. The summed E-state index contributed by atoms with van der Waals surface area (Å²) >= 11 is 0. The van der Waals surface area contributed by atoms with E-state index >= 15 is 0 Å². The Kier molecular flexibility index (Phi) is 2.59. The van der Waals surface area contributed by atoms with Crippen molar-refractivity contribution in [3.05, 3.63) is 11.7 Å². The van der Waals surface area contributed by atoms with Crippen LogP contribution in [0.1, 0.15) is 50.1 Å². The molecule has 0 saturated carbocycles. The second-order valence-electron chi connectivity index (χ2n) is 4.35. The van der Waals surface area contributed by atoms with Crippen molar-refractivity contribution in [2.24, 2.45) is 5.41 Å². The number of rotatable bonds is 2. The molecule has 1 rings (SSSR count). The fourth-order valence-electron chi connectivity index (χ4n) is 0.868. The maximum atomic E-state index is 10.5. The third-order valence-electron chi connectivity index (χ3n) is 2.30. The molecule has 0 bridgehead atoms. The predicted octanol–water partition coefficient (Wildman–Crippen LogP) is 1.92. The van der Waals surface area contributed by atoms with Gasteiger partial charge < -0.3 is 9.63 Å². The highest BCUT2D eigenvalue weighted by Crippen LogP contribution is 2.33. The molecule has 0 radical (unpaired) electrons. The number of aromatic carboxylic acids is 1. The minimum absolute atomic E-state index is 0.0255. The summed E-state index contributed by atoms with van der Waals surface area (Å²) in [4.78, 5) is 14.3. The van der Waals surface area contributed by atoms with E-state index < -0.39 is 5.97 Å². The first-order valence-corrected chi connectivity index (χ1v) is 4.39. The summed E-state index contributed by atoms with van der Waals surface area (Å²) in [6.07, 6.45) is 0. The molecule has 1 heterocycles. The lowest BCUT2D eigenvalue weighted by atomic mass is 9.82. The number of carbonyl (C=O) groups is 1. The first-order valence-electron chi connectivity index (χ1n) is 4.39. The first kappa shape index (κ1) is 10.7. The van der Waals surface area contributed by atoms with Gasteiger partial charge in [0.2, 0.25) is 5.89 Å². The van der Waals surface area contributed by atoms with Gasteiger partial charge in [-0.1, -0.05) is 27.7 Å². The van der Waals surface area contributed by atoms with Gasteiger partial charge >= 0.3 is 5.97 Å². The summed E-state index contributed by atoms with van der Waals surface area (Å²) in [6.45, 7) is 8.02. The molecule has 1 aromatic rings. The van der Waals surface area contributed by atoms with E-state index in [0.29, 0.717) is 5.89 Å². The van der Waals surface area contributed by atoms with Crippen LogP contribution in [0, 0.1) is 5.41 Å². The minimum atomic E-state index is -1.17. The Morgan fingerprint density at radius 1 is 1.50 bits per heavy atom. The second kappa shape index (κ2) is 3.40. The molecule has 0 aliphatic carbocycles. The molecule has 0 aliphatic heterocycles. The van der Waals surface area contributed by atoms with Crippen LogP contribution in [0.3, 0.4) is 0 Å². The zero-order valence-electron chi connectivity index (χ0n) is 8.74. The Labute approximate surface area is 82.1 Å². The summed E-state index contributed by atoms with van der Waals surface area (Å²) in [7, 11) is 0. The lowest BCUT2D eigenvalue weighted by Gasteiger charge is -2.23. The van der Waals surface area contributed by atoms with E-state index in [1.807, 2.05) is 27.7 Å². The molecule has 1 aromatic heterocycles. The average molecular weight is 198 g/mol. The van der Waals surface area contributed by atoms with Crippen LogP contribution in [-0.4, -0.2) is 21.2 Å². The molecular weight excluding hydrogens is 184 g/mol. The van der Waals surface area contributed by atoms with Gasteiger partial charge in [0.05, 0.1) is 0 Å². The van der Waals surface area contributed by atoms with Crippen molar-refractivity contribution in [3.63, 3.8) is 0 Å². The van der Waals surface area contributed by atoms with Gasteiger partial charge in [-0.05, 0) is 10.6 Å². The van der Waals surface area contributed by atoms with Gasteiger partial charge in [-0.25, -0.2) is 4.79 Å².